The Hall–Kier alpha value is -0.870. The Bertz CT molecular complexity index is 387. The number of fused-ring (bicyclic) bond motifs is 1. The molecule has 1 aliphatic rings. The van der Waals surface area contributed by atoms with E-state index in [1.165, 1.54) is 23.3 Å². The molecule has 0 spiro atoms. The normalized spacial score (nSPS) is 19.1. The lowest BCUT2D eigenvalue weighted by Gasteiger charge is -2.23. The quantitative estimate of drug-likeness (QED) is 0.863. The predicted molar refractivity (Wildman–Crippen MR) is 71.3 cm³/mol. The van der Waals surface area contributed by atoms with E-state index in [0.717, 1.165) is 6.42 Å². The third-order valence-corrected chi connectivity index (χ3v) is 4.01. The summed E-state index contributed by atoms with van der Waals surface area (Å²) in [5.74, 6) is 0.0855. The molecule has 1 aromatic heterocycles. The van der Waals surface area contributed by atoms with Gasteiger partial charge < -0.3 is 10.6 Å². The molecule has 0 saturated carbocycles. The summed E-state index contributed by atoms with van der Waals surface area (Å²) in [7, 11) is 0. The van der Waals surface area contributed by atoms with Crippen molar-refractivity contribution < 1.29 is 4.79 Å². The van der Waals surface area contributed by atoms with Crippen LogP contribution in [0, 0.1) is 0 Å². The molecule has 2 rings (SSSR count). The van der Waals surface area contributed by atoms with Crippen LogP contribution in [-0.4, -0.2) is 18.5 Å². The van der Waals surface area contributed by atoms with Gasteiger partial charge in [-0.25, -0.2) is 0 Å². The molecule has 0 aromatic carbocycles. The van der Waals surface area contributed by atoms with Crippen molar-refractivity contribution in [2.75, 3.05) is 6.54 Å². The van der Waals surface area contributed by atoms with Gasteiger partial charge in [0.15, 0.2) is 0 Å². The lowest BCUT2D eigenvalue weighted by atomic mass is 9.94. The molecule has 0 aliphatic heterocycles. The second-order valence-electron chi connectivity index (χ2n) is 4.85. The van der Waals surface area contributed by atoms with E-state index in [9.17, 15) is 4.79 Å². The Labute approximate surface area is 107 Å². The topological polar surface area (TPSA) is 41.1 Å². The number of aryl methyl sites for hydroxylation is 1. The van der Waals surface area contributed by atoms with Crippen LogP contribution in [0.25, 0.3) is 0 Å². The SMILES string of the molecule is CC(C)NC(=O)CNC1CCCc2sccc21. The molecule has 0 radical (unpaired) electrons. The molecular formula is C13H20N2OS. The molecule has 94 valence electrons. The van der Waals surface area contributed by atoms with Gasteiger partial charge in [0.25, 0.3) is 0 Å². The summed E-state index contributed by atoms with van der Waals surface area (Å²) in [5.41, 5.74) is 1.40. The number of carbonyl (C=O) groups excluding carboxylic acids is 1. The number of amides is 1. The van der Waals surface area contributed by atoms with Crippen molar-refractivity contribution in [1.29, 1.82) is 0 Å². The van der Waals surface area contributed by atoms with Gasteiger partial charge >= 0.3 is 0 Å². The first-order chi connectivity index (χ1) is 8.16. The summed E-state index contributed by atoms with van der Waals surface area (Å²) in [4.78, 5) is 13.1. The third-order valence-electron chi connectivity index (χ3n) is 3.01. The minimum absolute atomic E-state index is 0.0855. The van der Waals surface area contributed by atoms with Gasteiger partial charge in [-0.1, -0.05) is 0 Å². The molecule has 1 unspecified atom stereocenters. The van der Waals surface area contributed by atoms with E-state index in [1.807, 2.05) is 25.2 Å². The zero-order chi connectivity index (χ0) is 12.3. The van der Waals surface area contributed by atoms with E-state index in [2.05, 4.69) is 22.1 Å². The lowest BCUT2D eigenvalue weighted by Crippen LogP contribution is -2.39. The van der Waals surface area contributed by atoms with Gasteiger partial charge in [-0.3, -0.25) is 4.79 Å². The number of hydrogen-bond donors (Lipinski definition) is 2. The van der Waals surface area contributed by atoms with Crippen molar-refractivity contribution in [2.24, 2.45) is 0 Å². The minimum Gasteiger partial charge on any atom is -0.353 e. The molecule has 0 bridgehead atoms. The zero-order valence-corrected chi connectivity index (χ0v) is 11.3. The fourth-order valence-corrected chi connectivity index (χ4v) is 3.27. The van der Waals surface area contributed by atoms with E-state index in [4.69, 9.17) is 0 Å². The summed E-state index contributed by atoms with van der Waals surface area (Å²) in [6.45, 7) is 4.38. The fraction of sp³-hybridized carbons (Fsp3) is 0.615. The first-order valence-corrected chi connectivity index (χ1v) is 7.14. The smallest absolute Gasteiger partial charge is 0.234 e. The van der Waals surface area contributed by atoms with Crippen LogP contribution < -0.4 is 10.6 Å². The van der Waals surface area contributed by atoms with Gasteiger partial charge in [-0.05, 0) is 50.1 Å². The first kappa shape index (κ1) is 12.6. The number of thiophene rings is 1. The summed E-state index contributed by atoms with van der Waals surface area (Å²) in [5, 5.41) is 8.42. The minimum atomic E-state index is 0.0855. The van der Waals surface area contributed by atoms with Crippen molar-refractivity contribution in [3.63, 3.8) is 0 Å². The van der Waals surface area contributed by atoms with Crippen molar-refractivity contribution >= 4 is 17.2 Å². The molecule has 0 saturated heterocycles. The van der Waals surface area contributed by atoms with Crippen LogP contribution >= 0.6 is 11.3 Å². The Morgan fingerprint density at radius 1 is 1.59 bits per heavy atom. The molecule has 0 fully saturated rings. The molecule has 1 atom stereocenters. The van der Waals surface area contributed by atoms with Gasteiger partial charge in [0, 0.05) is 17.0 Å². The molecule has 1 amide bonds. The van der Waals surface area contributed by atoms with Crippen LogP contribution in [0.3, 0.4) is 0 Å². The first-order valence-electron chi connectivity index (χ1n) is 6.26. The van der Waals surface area contributed by atoms with E-state index in [-0.39, 0.29) is 11.9 Å². The fourth-order valence-electron chi connectivity index (χ4n) is 2.29. The highest BCUT2D eigenvalue weighted by molar-refractivity contribution is 7.10. The van der Waals surface area contributed by atoms with E-state index in [1.54, 1.807) is 0 Å². The average Bonchev–Trinajstić information content (AvgIpc) is 2.73. The van der Waals surface area contributed by atoms with Crippen molar-refractivity contribution in [3.8, 4) is 0 Å². The van der Waals surface area contributed by atoms with Crippen LogP contribution in [0.4, 0.5) is 0 Å². The third kappa shape index (κ3) is 3.30. The molecule has 1 aromatic rings. The summed E-state index contributed by atoms with van der Waals surface area (Å²) < 4.78 is 0. The largest absolute Gasteiger partial charge is 0.353 e. The van der Waals surface area contributed by atoms with Crippen LogP contribution in [0.15, 0.2) is 11.4 Å². The van der Waals surface area contributed by atoms with Gasteiger partial charge in [0.05, 0.1) is 6.54 Å². The Morgan fingerprint density at radius 3 is 3.18 bits per heavy atom. The van der Waals surface area contributed by atoms with Crippen molar-refractivity contribution in [3.05, 3.63) is 21.9 Å². The van der Waals surface area contributed by atoms with Crippen LogP contribution in [-0.2, 0) is 11.2 Å². The predicted octanol–water partition coefficient (Wildman–Crippen LogP) is 2.24. The summed E-state index contributed by atoms with van der Waals surface area (Å²) >= 11 is 1.83. The number of carbonyl (C=O) groups is 1. The highest BCUT2D eigenvalue weighted by Crippen LogP contribution is 2.32. The lowest BCUT2D eigenvalue weighted by molar-refractivity contribution is -0.120. The highest BCUT2D eigenvalue weighted by atomic mass is 32.1. The maximum Gasteiger partial charge on any atom is 0.234 e. The van der Waals surface area contributed by atoms with Crippen LogP contribution in [0.2, 0.25) is 0 Å². The standard InChI is InChI=1S/C13H20N2OS/c1-9(2)15-13(16)8-14-11-4-3-5-12-10(11)6-7-17-12/h6-7,9,11,14H,3-5,8H2,1-2H3,(H,15,16). The average molecular weight is 252 g/mol. The highest BCUT2D eigenvalue weighted by Gasteiger charge is 2.21. The van der Waals surface area contributed by atoms with Crippen LogP contribution in [0.1, 0.15) is 43.2 Å². The van der Waals surface area contributed by atoms with Crippen LogP contribution in [0.5, 0.6) is 0 Å². The Kier molecular flexibility index (Phi) is 4.18. The molecule has 1 heterocycles. The summed E-state index contributed by atoms with van der Waals surface area (Å²) in [6.07, 6.45) is 3.55. The molecular weight excluding hydrogens is 232 g/mol. The number of rotatable bonds is 4. The zero-order valence-electron chi connectivity index (χ0n) is 10.5. The van der Waals surface area contributed by atoms with Gasteiger partial charge in [-0.15, -0.1) is 11.3 Å². The number of nitrogens with one attached hydrogen (secondary N) is 2. The van der Waals surface area contributed by atoms with Crippen molar-refractivity contribution in [2.45, 2.75) is 45.2 Å². The molecule has 4 heteroatoms. The monoisotopic (exact) mass is 252 g/mol. The van der Waals surface area contributed by atoms with Gasteiger partial charge in [-0.2, -0.15) is 0 Å². The second kappa shape index (κ2) is 5.65. The summed E-state index contributed by atoms with van der Waals surface area (Å²) in [6, 6.07) is 2.77. The van der Waals surface area contributed by atoms with E-state index < -0.39 is 0 Å². The number of hydrogen-bond acceptors (Lipinski definition) is 3. The molecule has 17 heavy (non-hydrogen) atoms. The second-order valence-corrected chi connectivity index (χ2v) is 5.85. The molecule has 1 aliphatic carbocycles. The van der Waals surface area contributed by atoms with E-state index in [0.29, 0.717) is 12.6 Å². The maximum absolute atomic E-state index is 11.6. The maximum atomic E-state index is 11.6. The van der Waals surface area contributed by atoms with Gasteiger partial charge in [0.2, 0.25) is 5.91 Å². The van der Waals surface area contributed by atoms with Crippen molar-refractivity contribution in [1.82, 2.24) is 10.6 Å². The van der Waals surface area contributed by atoms with E-state index >= 15 is 0 Å². The Balaban J connectivity index is 1.87. The van der Waals surface area contributed by atoms with Gasteiger partial charge in [0.1, 0.15) is 0 Å². The Morgan fingerprint density at radius 2 is 2.41 bits per heavy atom. The molecule has 3 nitrogen and oxygen atoms in total. The molecule has 2 N–H and O–H groups in total.